The minimum absolute atomic E-state index is 0.0561. The van der Waals surface area contributed by atoms with Crippen molar-refractivity contribution < 1.29 is 17.9 Å². The first kappa shape index (κ1) is 15.9. The second kappa shape index (κ2) is 6.66. The fraction of sp³-hybridized carbons (Fsp3) is 0.643. The van der Waals surface area contributed by atoms with Gasteiger partial charge in [0.15, 0.2) is 0 Å². The van der Waals surface area contributed by atoms with Crippen molar-refractivity contribution in [2.45, 2.75) is 23.5 Å². The van der Waals surface area contributed by atoms with Crippen molar-refractivity contribution in [3.8, 4) is 0 Å². The van der Waals surface area contributed by atoms with Crippen molar-refractivity contribution in [1.82, 2.24) is 9.21 Å². The summed E-state index contributed by atoms with van der Waals surface area (Å²) in [7, 11) is -3.50. The molecule has 1 aromatic rings. The van der Waals surface area contributed by atoms with Crippen LogP contribution in [-0.2, 0) is 14.8 Å². The summed E-state index contributed by atoms with van der Waals surface area (Å²) in [6.45, 7) is 3.11. The van der Waals surface area contributed by atoms with E-state index in [0.29, 0.717) is 31.9 Å². The van der Waals surface area contributed by atoms with Gasteiger partial charge in [0, 0.05) is 31.6 Å². The molecule has 0 unspecified atom stereocenters. The smallest absolute Gasteiger partial charge is 0.254 e. The van der Waals surface area contributed by atoms with E-state index in [1.54, 1.807) is 5.38 Å². The number of sulfonamides is 1. The van der Waals surface area contributed by atoms with E-state index in [-0.39, 0.29) is 10.1 Å². The number of carbonyl (C=O) groups is 1. The van der Waals surface area contributed by atoms with E-state index in [0.717, 1.165) is 43.7 Å². The molecule has 0 bridgehead atoms. The molecule has 2 saturated heterocycles. The number of morpholine rings is 1. The minimum atomic E-state index is -3.50. The predicted octanol–water partition coefficient (Wildman–Crippen LogP) is 1.40. The molecule has 122 valence electrons. The average molecular weight is 344 g/mol. The molecular weight excluding hydrogens is 324 g/mol. The van der Waals surface area contributed by atoms with Crippen LogP contribution in [0.1, 0.15) is 29.6 Å². The Morgan fingerprint density at radius 3 is 2.45 bits per heavy atom. The summed E-state index contributed by atoms with van der Waals surface area (Å²) in [5, 5.41) is 1.66. The fourth-order valence-electron chi connectivity index (χ4n) is 2.76. The average Bonchev–Trinajstić information content (AvgIpc) is 3.06. The van der Waals surface area contributed by atoms with E-state index in [4.69, 9.17) is 4.74 Å². The van der Waals surface area contributed by atoms with Crippen LogP contribution in [0.3, 0.4) is 0 Å². The van der Waals surface area contributed by atoms with Gasteiger partial charge >= 0.3 is 0 Å². The lowest BCUT2D eigenvalue weighted by molar-refractivity contribution is 0.0723. The van der Waals surface area contributed by atoms with Crippen LogP contribution >= 0.6 is 11.3 Å². The largest absolute Gasteiger partial charge is 0.379 e. The highest BCUT2D eigenvalue weighted by Crippen LogP contribution is 2.26. The molecule has 0 spiro atoms. The Morgan fingerprint density at radius 2 is 1.77 bits per heavy atom. The molecule has 2 fully saturated rings. The number of rotatable bonds is 3. The van der Waals surface area contributed by atoms with E-state index in [9.17, 15) is 13.2 Å². The van der Waals surface area contributed by atoms with Crippen LogP contribution in [0.4, 0.5) is 0 Å². The fourth-order valence-corrected chi connectivity index (χ4v) is 5.47. The Bertz CT molecular complexity index is 629. The number of thiophene rings is 1. The van der Waals surface area contributed by atoms with Gasteiger partial charge in [0.05, 0.1) is 18.8 Å². The van der Waals surface area contributed by atoms with E-state index in [1.807, 2.05) is 4.90 Å². The first-order chi connectivity index (χ1) is 10.6. The SMILES string of the molecule is O=C(c1csc(S(=O)(=O)N2CCOCC2)c1)N1CCCCC1. The molecule has 0 N–H and O–H groups in total. The van der Waals surface area contributed by atoms with Crippen LogP contribution in [0.15, 0.2) is 15.7 Å². The van der Waals surface area contributed by atoms with Crippen molar-refractivity contribution in [3.63, 3.8) is 0 Å². The third kappa shape index (κ3) is 3.19. The molecule has 2 aliphatic heterocycles. The number of piperidine rings is 1. The van der Waals surface area contributed by atoms with E-state index < -0.39 is 10.0 Å². The summed E-state index contributed by atoms with van der Waals surface area (Å²) < 4.78 is 32.0. The summed E-state index contributed by atoms with van der Waals surface area (Å²) in [5.41, 5.74) is 0.485. The second-order valence-electron chi connectivity index (χ2n) is 5.52. The highest BCUT2D eigenvalue weighted by atomic mass is 32.2. The topological polar surface area (TPSA) is 66.9 Å². The van der Waals surface area contributed by atoms with Crippen molar-refractivity contribution in [2.24, 2.45) is 0 Å². The van der Waals surface area contributed by atoms with Crippen LogP contribution < -0.4 is 0 Å². The quantitative estimate of drug-likeness (QED) is 0.831. The Hall–Kier alpha value is -0.960. The van der Waals surface area contributed by atoms with Gasteiger partial charge < -0.3 is 9.64 Å². The number of hydrogen-bond donors (Lipinski definition) is 0. The minimum Gasteiger partial charge on any atom is -0.379 e. The summed E-state index contributed by atoms with van der Waals surface area (Å²) in [5.74, 6) is -0.0561. The van der Waals surface area contributed by atoms with Crippen LogP contribution in [-0.4, -0.2) is 62.9 Å². The molecule has 3 heterocycles. The highest BCUT2D eigenvalue weighted by molar-refractivity contribution is 7.91. The zero-order valence-electron chi connectivity index (χ0n) is 12.4. The van der Waals surface area contributed by atoms with Gasteiger partial charge in [-0.05, 0) is 25.3 Å². The van der Waals surface area contributed by atoms with E-state index in [1.165, 1.54) is 10.4 Å². The van der Waals surface area contributed by atoms with Crippen LogP contribution in [0.25, 0.3) is 0 Å². The maximum absolute atomic E-state index is 12.6. The maximum atomic E-state index is 12.6. The lowest BCUT2D eigenvalue weighted by Crippen LogP contribution is -2.40. The van der Waals surface area contributed by atoms with Crippen molar-refractivity contribution in [1.29, 1.82) is 0 Å². The molecule has 3 rings (SSSR count). The summed E-state index contributed by atoms with van der Waals surface area (Å²) in [6.07, 6.45) is 3.20. The molecule has 1 amide bonds. The Morgan fingerprint density at radius 1 is 1.09 bits per heavy atom. The number of amides is 1. The Balaban J connectivity index is 1.76. The number of carbonyl (C=O) groups excluding carboxylic acids is 1. The van der Waals surface area contributed by atoms with Crippen LogP contribution in [0.2, 0.25) is 0 Å². The van der Waals surface area contributed by atoms with E-state index in [2.05, 4.69) is 0 Å². The number of ether oxygens (including phenoxy) is 1. The molecule has 0 radical (unpaired) electrons. The van der Waals surface area contributed by atoms with Gasteiger partial charge in [-0.2, -0.15) is 4.31 Å². The van der Waals surface area contributed by atoms with Gasteiger partial charge in [0.2, 0.25) is 0 Å². The second-order valence-corrected chi connectivity index (χ2v) is 8.60. The van der Waals surface area contributed by atoms with Crippen molar-refractivity contribution in [3.05, 3.63) is 17.0 Å². The number of likely N-dealkylation sites (tertiary alicyclic amines) is 1. The van der Waals surface area contributed by atoms with Crippen molar-refractivity contribution >= 4 is 27.3 Å². The molecule has 8 heteroatoms. The highest BCUT2D eigenvalue weighted by Gasteiger charge is 2.29. The van der Waals surface area contributed by atoms with Crippen LogP contribution in [0.5, 0.6) is 0 Å². The lowest BCUT2D eigenvalue weighted by Gasteiger charge is -2.26. The first-order valence-corrected chi connectivity index (χ1v) is 9.87. The molecule has 6 nitrogen and oxygen atoms in total. The Labute approximate surface area is 134 Å². The van der Waals surface area contributed by atoms with Gasteiger partial charge in [-0.15, -0.1) is 11.3 Å². The van der Waals surface area contributed by atoms with Crippen LogP contribution in [0, 0.1) is 0 Å². The standard InChI is InChI=1S/C14H20N2O4S2/c17-14(15-4-2-1-3-5-15)12-10-13(21-11-12)22(18,19)16-6-8-20-9-7-16/h10-11H,1-9H2. The maximum Gasteiger partial charge on any atom is 0.254 e. The third-order valence-corrected chi connectivity index (χ3v) is 7.34. The zero-order chi connectivity index (χ0) is 15.6. The molecule has 22 heavy (non-hydrogen) atoms. The van der Waals surface area contributed by atoms with E-state index >= 15 is 0 Å². The summed E-state index contributed by atoms with van der Waals surface area (Å²) in [6, 6.07) is 1.52. The number of hydrogen-bond acceptors (Lipinski definition) is 5. The molecule has 0 aromatic carbocycles. The molecule has 0 atom stereocenters. The van der Waals surface area contributed by atoms with Gasteiger partial charge in [-0.3, -0.25) is 4.79 Å². The third-order valence-electron chi connectivity index (χ3n) is 4.03. The summed E-state index contributed by atoms with van der Waals surface area (Å²) >= 11 is 1.12. The molecule has 0 aliphatic carbocycles. The normalized spacial score (nSPS) is 21.0. The van der Waals surface area contributed by atoms with Gasteiger partial charge in [0.1, 0.15) is 4.21 Å². The van der Waals surface area contributed by atoms with Gasteiger partial charge in [0.25, 0.3) is 15.9 Å². The summed E-state index contributed by atoms with van der Waals surface area (Å²) in [4.78, 5) is 14.2. The lowest BCUT2D eigenvalue weighted by atomic mass is 10.1. The zero-order valence-corrected chi connectivity index (χ0v) is 14.0. The number of nitrogens with zero attached hydrogens (tertiary/aromatic N) is 2. The van der Waals surface area contributed by atoms with Gasteiger partial charge in [-0.25, -0.2) is 8.42 Å². The molecule has 1 aromatic heterocycles. The Kier molecular flexibility index (Phi) is 4.82. The first-order valence-electron chi connectivity index (χ1n) is 7.55. The van der Waals surface area contributed by atoms with Crippen molar-refractivity contribution in [2.75, 3.05) is 39.4 Å². The molecular formula is C14H20N2O4S2. The molecule has 2 aliphatic rings. The molecule has 0 saturated carbocycles. The predicted molar refractivity (Wildman–Crippen MR) is 83.7 cm³/mol. The monoisotopic (exact) mass is 344 g/mol. The van der Waals surface area contributed by atoms with Gasteiger partial charge in [-0.1, -0.05) is 0 Å².